The van der Waals surface area contributed by atoms with E-state index in [9.17, 15) is 4.79 Å². The van der Waals surface area contributed by atoms with Gasteiger partial charge in [-0.1, -0.05) is 37.0 Å². The van der Waals surface area contributed by atoms with E-state index in [4.69, 9.17) is 23.2 Å². The van der Waals surface area contributed by atoms with E-state index in [2.05, 4.69) is 5.32 Å². The number of nitrogens with one attached hydrogen (secondary N) is 1. The lowest BCUT2D eigenvalue weighted by Gasteiger charge is -2.33. The van der Waals surface area contributed by atoms with Crippen molar-refractivity contribution >= 4 is 29.1 Å². The molecule has 0 atom stereocenters. The molecule has 1 amide bonds. The average molecular weight is 210 g/mol. The highest BCUT2D eigenvalue weighted by Crippen LogP contribution is 2.45. The summed E-state index contributed by atoms with van der Waals surface area (Å²) in [6, 6.07) is 0. The highest BCUT2D eigenvalue weighted by molar-refractivity contribution is 6.58. The highest BCUT2D eigenvalue weighted by atomic mass is 35.5. The molecule has 0 aliphatic carbocycles. The van der Waals surface area contributed by atoms with Crippen LogP contribution in [0.5, 0.6) is 0 Å². The molecular formula is C8H13Cl2NO. The van der Waals surface area contributed by atoms with Gasteiger partial charge in [-0.05, 0) is 12.8 Å². The molecule has 1 saturated heterocycles. The van der Waals surface area contributed by atoms with Crippen molar-refractivity contribution in [3.63, 3.8) is 0 Å². The molecule has 0 radical (unpaired) electrons. The highest BCUT2D eigenvalue weighted by Gasteiger charge is 2.49. The fourth-order valence-corrected chi connectivity index (χ4v) is 1.63. The minimum absolute atomic E-state index is 0.270. The van der Waals surface area contributed by atoms with E-state index in [1.54, 1.807) is 0 Å². The lowest BCUT2D eigenvalue weighted by Crippen LogP contribution is -2.45. The van der Waals surface area contributed by atoms with E-state index in [1.165, 1.54) is 0 Å². The zero-order valence-corrected chi connectivity index (χ0v) is 8.80. The topological polar surface area (TPSA) is 29.1 Å². The third-order valence-corrected chi connectivity index (χ3v) is 3.77. The normalized spacial score (nSPS) is 27.5. The van der Waals surface area contributed by atoms with E-state index in [1.807, 2.05) is 13.8 Å². The first-order valence-corrected chi connectivity index (χ1v) is 4.80. The molecular weight excluding hydrogens is 197 g/mol. The smallest absolute Gasteiger partial charge is 0.257 e. The van der Waals surface area contributed by atoms with Gasteiger partial charge in [-0.15, -0.1) is 0 Å². The van der Waals surface area contributed by atoms with Crippen molar-refractivity contribution in [1.29, 1.82) is 0 Å². The molecule has 0 spiro atoms. The average Bonchev–Trinajstić information content (AvgIpc) is 2.02. The third-order valence-electron chi connectivity index (χ3n) is 2.40. The van der Waals surface area contributed by atoms with Gasteiger partial charge >= 0.3 is 0 Å². The Kier molecular flexibility index (Phi) is 2.60. The second-order valence-electron chi connectivity index (χ2n) is 3.82. The molecule has 1 rings (SSSR count). The number of carbonyl (C=O) groups excluding carboxylic acids is 1. The molecule has 1 aliphatic heterocycles. The molecule has 1 N–H and O–H groups in total. The van der Waals surface area contributed by atoms with Crippen LogP contribution in [-0.4, -0.2) is 16.8 Å². The Morgan fingerprint density at radius 3 is 2.58 bits per heavy atom. The van der Waals surface area contributed by atoms with Crippen molar-refractivity contribution in [2.45, 2.75) is 31.0 Å². The van der Waals surface area contributed by atoms with Gasteiger partial charge < -0.3 is 5.32 Å². The van der Waals surface area contributed by atoms with Gasteiger partial charge in [-0.25, -0.2) is 0 Å². The number of alkyl halides is 2. The van der Waals surface area contributed by atoms with Crippen LogP contribution in [0.2, 0.25) is 0 Å². The Balaban J connectivity index is 2.94. The second kappa shape index (κ2) is 3.08. The summed E-state index contributed by atoms with van der Waals surface area (Å²) in [6.45, 7) is 4.50. The zero-order valence-electron chi connectivity index (χ0n) is 7.29. The van der Waals surface area contributed by atoms with Crippen molar-refractivity contribution in [3.05, 3.63) is 0 Å². The maximum absolute atomic E-state index is 11.4. The summed E-state index contributed by atoms with van der Waals surface area (Å²) in [4.78, 5) is 11.4. The Hall–Kier alpha value is 0.0500. The maximum Gasteiger partial charge on any atom is 0.257 e. The van der Waals surface area contributed by atoms with E-state index in [0.717, 1.165) is 12.8 Å². The molecule has 0 saturated carbocycles. The van der Waals surface area contributed by atoms with Crippen LogP contribution in [0.3, 0.4) is 0 Å². The minimum Gasteiger partial charge on any atom is -0.353 e. The van der Waals surface area contributed by atoms with Crippen LogP contribution < -0.4 is 5.32 Å². The predicted molar refractivity (Wildman–Crippen MR) is 50.5 cm³/mol. The Labute approximate surface area is 82.6 Å². The fraction of sp³-hybridized carbons (Fsp3) is 0.875. The number of carbonyl (C=O) groups is 1. The quantitative estimate of drug-likeness (QED) is 0.609. The van der Waals surface area contributed by atoms with E-state index in [0.29, 0.717) is 6.54 Å². The number of hydrogen-bond acceptors (Lipinski definition) is 1. The Morgan fingerprint density at radius 2 is 2.00 bits per heavy atom. The van der Waals surface area contributed by atoms with Gasteiger partial charge in [0.25, 0.3) is 5.91 Å². The Bertz CT molecular complexity index is 201. The van der Waals surface area contributed by atoms with E-state index in [-0.39, 0.29) is 11.3 Å². The fourth-order valence-electron chi connectivity index (χ4n) is 1.31. The zero-order chi connectivity index (χ0) is 9.41. The molecule has 0 aromatic carbocycles. The van der Waals surface area contributed by atoms with Gasteiger partial charge in [0.2, 0.25) is 4.33 Å². The van der Waals surface area contributed by atoms with Crippen molar-refractivity contribution < 1.29 is 4.79 Å². The first-order chi connectivity index (χ1) is 5.38. The van der Waals surface area contributed by atoms with Crippen LogP contribution in [0, 0.1) is 5.41 Å². The maximum atomic E-state index is 11.4. The summed E-state index contributed by atoms with van der Waals surface area (Å²) in [7, 11) is 0. The van der Waals surface area contributed by atoms with Gasteiger partial charge in [0.05, 0.1) is 0 Å². The molecule has 0 bridgehead atoms. The first-order valence-electron chi connectivity index (χ1n) is 4.04. The standard InChI is InChI=1S/C8H13Cl2NO/c1-7(2)4-3-5-11-6(12)8(7,9)10/h3-5H2,1-2H3,(H,11,12). The van der Waals surface area contributed by atoms with E-state index >= 15 is 0 Å². The molecule has 2 nitrogen and oxygen atoms in total. The summed E-state index contributed by atoms with van der Waals surface area (Å²) < 4.78 is -1.29. The monoisotopic (exact) mass is 209 g/mol. The van der Waals surface area contributed by atoms with Crippen molar-refractivity contribution in [3.8, 4) is 0 Å². The molecule has 0 aromatic rings. The summed E-state index contributed by atoms with van der Waals surface area (Å²) in [5.74, 6) is -0.270. The van der Waals surface area contributed by atoms with Gasteiger partial charge in [-0.2, -0.15) is 0 Å². The molecule has 0 aromatic heterocycles. The molecule has 12 heavy (non-hydrogen) atoms. The van der Waals surface area contributed by atoms with Crippen LogP contribution in [0.4, 0.5) is 0 Å². The second-order valence-corrected chi connectivity index (χ2v) is 5.15. The number of hydrogen-bond donors (Lipinski definition) is 1. The Morgan fingerprint density at radius 1 is 1.42 bits per heavy atom. The third kappa shape index (κ3) is 1.55. The number of halogens is 2. The van der Waals surface area contributed by atoms with Crippen molar-refractivity contribution in [2.24, 2.45) is 5.41 Å². The number of rotatable bonds is 0. The van der Waals surface area contributed by atoms with Gasteiger partial charge in [0.15, 0.2) is 0 Å². The number of amides is 1. The van der Waals surface area contributed by atoms with Gasteiger partial charge in [0.1, 0.15) is 0 Å². The van der Waals surface area contributed by atoms with Gasteiger partial charge in [-0.3, -0.25) is 4.79 Å². The molecule has 1 heterocycles. The summed E-state index contributed by atoms with van der Waals surface area (Å²) in [5.41, 5.74) is -0.351. The molecule has 70 valence electrons. The van der Waals surface area contributed by atoms with Crippen molar-refractivity contribution in [2.75, 3.05) is 6.54 Å². The molecule has 1 fully saturated rings. The van der Waals surface area contributed by atoms with Gasteiger partial charge in [0, 0.05) is 12.0 Å². The summed E-state index contributed by atoms with van der Waals surface area (Å²) >= 11 is 11.9. The molecule has 4 heteroatoms. The summed E-state index contributed by atoms with van der Waals surface area (Å²) in [5, 5.41) is 2.69. The van der Waals surface area contributed by atoms with Crippen LogP contribution in [0.25, 0.3) is 0 Å². The molecule has 0 unspecified atom stereocenters. The van der Waals surface area contributed by atoms with Crippen LogP contribution in [-0.2, 0) is 4.79 Å². The minimum atomic E-state index is -1.29. The van der Waals surface area contributed by atoms with Crippen LogP contribution in [0.15, 0.2) is 0 Å². The van der Waals surface area contributed by atoms with Crippen LogP contribution in [0.1, 0.15) is 26.7 Å². The SMILES string of the molecule is CC1(C)CCCNC(=O)C1(Cl)Cl. The lowest BCUT2D eigenvalue weighted by atomic mass is 9.84. The van der Waals surface area contributed by atoms with E-state index < -0.39 is 4.33 Å². The predicted octanol–water partition coefficient (Wildman–Crippen LogP) is 2.10. The summed E-state index contributed by atoms with van der Waals surface area (Å²) in [6.07, 6.45) is 1.79. The largest absolute Gasteiger partial charge is 0.353 e. The first kappa shape index (κ1) is 10.1. The van der Waals surface area contributed by atoms with Crippen molar-refractivity contribution in [1.82, 2.24) is 5.32 Å². The molecule has 1 aliphatic rings. The lowest BCUT2D eigenvalue weighted by molar-refractivity contribution is -0.123. The van der Waals surface area contributed by atoms with Crippen LogP contribution >= 0.6 is 23.2 Å².